The molecule has 3 rings (SSSR count). The molecule has 120 valence electrons. The number of amides is 1. The standard InChI is InChI=1S/C17H16BrNO4/c1-10-8-19(9-15(23-10)17(21)22)16(20)13-3-2-12-7-14(18)5-4-11(12)6-13/h2-7,10,15H,8-9H2,1H3,(H,21,22)/t10-,15?/m1/s1. The van der Waals surface area contributed by atoms with E-state index in [0.717, 1.165) is 15.2 Å². The first-order valence-electron chi connectivity index (χ1n) is 7.31. The normalized spacial score (nSPS) is 21.4. The van der Waals surface area contributed by atoms with Crippen molar-refractivity contribution in [2.24, 2.45) is 0 Å². The maximum absolute atomic E-state index is 12.7. The zero-order chi connectivity index (χ0) is 16.6. The van der Waals surface area contributed by atoms with Gasteiger partial charge in [0.05, 0.1) is 12.6 Å². The molecule has 1 aliphatic rings. The number of rotatable bonds is 2. The molecule has 0 aliphatic carbocycles. The summed E-state index contributed by atoms with van der Waals surface area (Å²) < 4.78 is 6.33. The van der Waals surface area contributed by atoms with Crippen molar-refractivity contribution >= 4 is 38.6 Å². The van der Waals surface area contributed by atoms with Gasteiger partial charge in [0, 0.05) is 16.6 Å². The minimum absolute atomic E-state index is 0.0664. The summed E-state index contributed by atoms with van der Waals surface area (Å²) >= 11 is 3.42. The molecule has 1 saturated heterocycles. The first-order valence-corrected chi connectivity index (χ1v) is 8.10. The lowest BCUT2D eigenvalue weighted by Gasteiger charge is -2.35. The Morgan fingerprint density at radius 3 is 2.61 bits per heavy atom. The highest BCUT2D eigenvalue weighted by Gasteiger charge is 2.33. The topological polar surface area (TPSA) is 66.8 Å². The molecule has 0 spiro atoms. The first-order chi connectivity index (χ1) is 10.9. The van der Waals surface area contributed by atoms with Crippen molar-refractivity contribution in [3.8, 4) is 0 Å². The summed E-state index contributed by atoms with van der Waals surface area (Å²) in [6.07, 6.45) is -1.27. The van der Waals surface area contributed by atoms with Gasteiger partial charge in [-0.2, -0.15) is 0 Å². The zero-order valence-electron chi connectivity index (χ0n) is 12.5. The van der Waals surface area contributed by atoms with Crippen LogP contribution < -0.4 is 0 Å². The Morgan fingerprint density at radius 2 is 1.87 bits per heavy atom. The van der Waals surface area contributed by atoms with Crippen LogP contribution in [0.3, 0.4) is 0 Å². The van der Waals surface area contributed by atoms with Gasteiger partial charge in [-0.25, -0.2) is 4.79 Å². The second kappa shape index (κ2) is 6.29. The van der Waals surface area contributed by atoms with Crippen LogP contribution in [0, 0.1) is 0 Å². The Balaban J connectivity index is 1.87. The SMILES string of the molecule is C[C@@H]1CN(C(=O)c2ccc3cc(Br)ccc3c2)CC(C(=O)O)O1. The second-order valence-corrected chi connectivity index (χ2v) is 6.61. The Kier molecular flexibility index (Phi) is 4.37. The van der Waals surface area contributed by atoms with Crippen LogP contribution in [0.5, 0.6) is 0 Å². The van der Waals surface area contributed by atoms with Crippen molar-refractivity contribution in [2.45, 2.75) is 19.1 Å². The van der Waals surface area contributed by atoms with Gasteiger partial charge in [0.15, 0.2) is 6.10 Å². The second-order valence-electron chi connectivity index (χ2n) is 5.69. The number of carboxylic acids is 1. The van der Waals surface area contributed by atoms with Crippen LogP contribution in [0.25, 0.3) is 10.8 Å². The summed E-state index contributed by atoms with van der Waals surface area (Å²) in [6, 6.07) is 11.4. The fourth-order valence-electron chi connectivity index (χ4n) is 2.79. The maximum atomic E-state index is 12.7. The molecule has 1 amide bonds. The first kappa shape index (κ1) is 16.0. The van der Waals surface area contributed by atoms with Crippen molar-refractivity contribution in [1.82, 2.24) is 4.90 Å². The summed E-state index contributed by atoms with van der Waals surface area (Å²) in [6.45, 7) is 2.23. The minimum Gasteiger partial charge on any atom is -0.479 e. The van der Waals surface area contributed by atoms with E-state index in [0.29, 0.717) is 12.1 Å². The van der Waals surface area contributed by atoms with Gasteiger partial charge in [0.25, 0.3) is 5.91 Å². The molecule has 1 aliphatic heterocycles. The molecule has 0 radical (unpaired) electrons. The predicted molar refractivity (Wildman–Crippen MR) is 89.5 cm³/mol. The van der Waals surface area contributed by atoms with E-state index in [9.17, 15) is 9.59 Å². The number of hydrogen-bond acceptors (Lipinski definition) is 3. The number of ether oxygens (including phenoxy) is 1. The Bertz CT molecular complexity index is 776. The van der Waals surface area contributed by atoms with E-state index in [1.165, 1.54) is 0 Å². The molecule has 1 fully saturated rings. The number of aliphatic carboxylic acids is 1. The average molecular weight is 378 g/mol. The molecule has 6 heteroatoms. The highest BCUT2D eigenvalue weighted by molar-refractivity contribution is 9.10. The monoisotopic (exact) mass is 377 g/mol. The van der Waals surface area contributed by atoms with Crippen molar-refractivity contribution in [1.29, 1.82) is 0 Å². The van der Waals surface area contributed by atoms with Crippen molar-refractivity contribution < 1.29 is 19.4 Å². The third-order valence-electron chi connectivity index (χ3n) is 3.87. The Labute approximate surface area is 142 Å². The summed E-state index contributed by atoms with van der Waals surface area (Å²) in [5.74, 6) is -1.21. The summed E-state index contributed by atoms with van der Waals surface area (Å²) in [5, 5.41) is 11.1. The van der Waals surface area contributed by atoms with E-state index in [-0.39, 0.29) is 18.6 Å². The van der Waals surface area contributed by atoms with Gasteiger partial charge >= 0.3 is 5.97 Å². The van der Waals surface area contributed by atoms with Gasteiger partial charge in [-0.1, -0.05) is 28.1 Å². The average Bonchev–Trinajstić information content (AvgIpc) is 2.53. The molecule has 1 N–H and O–H groups in total. The number of morpholine rings is 1. The summed E-state index contributed by atoms with van der Waals surface area (Å²) in [7, 11) is 0. The smallest absolute Gasteiger partial charge is 0.334 e. The molecule has 2 atom stereocenters. The fraction of sp³-hybridized carbons (Fsp3) is 0.294. The third kappa shape index (κ3) is 3.38. The largest absolute Gasteiger partial charge is 0.479 e. The molecule has 0 saturated carbocycles. The van der Waals surface area contributed by atoms with Gasteiger partial charge < -0.3 is 14.7 Å². The third-order valence-corrected chi connectivity index (χ3v) is 4.37. The number of benzene rings is 2. The molecule has 0 bridgehead atoms. The summed E-state index contributed by atoms with van der Waals surface area (Å²) in [5.41, 5.74) is 0.554. The number of carbonyl (C=O) groups is 2. The number of nitrogens with zero attached hydrogens (tertiary/aromatic N) is 1. The van der Waals surface area contributed by atoms with E-state index >= 15 is 0 Å². The van der Waals surface area contributed by atoms with E-state index in [1.54, 1.807) is 17.9 Å². The Morgan fingerprint density at radius 1 is 1.17 bits per heavy atom. The molecule has 5 nitrogen and oxygen atoms in total. The van der Waals surface area contributed by atoms with Crippen LogP contribution in [0.2, 0.25) is 0 Å². The molecular formula is C17H16BrNO4. The molecule has 0 aromatic heterocycles. The van der Waals surface area contributed by atoms with E-state index in [1.807, 2.05) is 30.3 Å². The lowest BCUT2D eigenvalue weighted by molar-refractivity contribution is -0.160. The van der Waals surface area contributed by atoms with Gasteiger partial charge in [-0.3, -0.25) is 4.79 Å². The molecule has 2 aromatic carbocycles. The van der Waals surface area contributed by atoms with Crippen molar-refractivity contribution in [3.05, 3.63) is 46.4 Å². The summed E-state index contributed by atoms with van der Waals surface area (Å²) in [4.78, 5) is 25.4. The van der Waals surface area contributed by atoms with Crippen LogP contribution in [0.1, 0.15) is 17.3 Å². The van der Waals surface area contributed by atoms with Crippen molar-refractivity contribution in [2.75, 3.05) is 13.1 Å². The predicted octanol–water partition coefficient (Wildman–Crippen LogP) is 2.92. The van der Waals surface area contributed by atoms with E-state index in [2.05, 4.69) is 15.9 Å². The van der Waals surface area contributed by atoms with Crippen LogP contribution in [0.15, 0.2) is 40.9 Å². The van der Waals surface area contributed by atoms with Gasteiger partial charge in [0.1, 0.15) is 0 Å². The lowest BCUT2D eigenvalue weighted by Crippen LogP contribution is -2.51. The fourth-order valence-corrected chi connectivity index (χ4v) is 3.16. The number of halogens is 1. The number of carboxylic acid groups (broad SMARTS) is 1. The van der Waals surface area contributed by atoms with E-state index in [4.69, 9.17) is 9.84 Å². The van der Waals surface area contributed by atoms with Crippen LogP contribution >= 0.6 is 15.9 Å². The van der Waals surface area contributed by atoms with Gasteiger partial charge in [-0.05, 0) is 42.0 Å². The molecule has 1 heterocycles. The van der Waals surface area contributed by atoms with Crippen LogP contribution in [0.4, 0.5) is 0 Å². The highest BCUT2D eigenvalue weighted by atomic mass is 79.9. The zero-order valence-corrected chi connectivity index (χ0v) is 14.1. The van der Waals surface area contributed by atoms with Crippen LogP contribution in [-0.4, -0.2) is 47.2 Å². The quantitative estimate of drug-likeness (QED) is 0.873. The lowest BCUT2D eigenvalue weighted by atomic mass is 10.1. The van der Waals surface area contributed by atoms with E-state index < -0.39 is 12.1 Å². The minimum atomic E-state index is -1.04. The molecule has 1 unspecified atom stereocenters. The number of fused-ring (bicyclic) bond motifs is 1. The highest BCUT2D eigenvalue weighted by Crippen LogP contribution is 2.22. The van der Waals surface area contributed by atoms with Crippen LogP contribution in [-0.2, 0) is 9.53 Å². The molecule has 2 aromatic rings. The Hall–Kier alpha value is -1.92. The molecule has 23 heavy (non-hydrogen) atoms. The molecular weight excluding hydrogens is 362 g/mol. The number of hydrogen-bond donors (Lipinski definition) is 1. The van der Waals surface area contributed by atoms with Gasteiger partial charge in [-0.15, -0.1) is 0 Å². The van der Waals surface area contributed by atoms with Crippen molar-refractivity contribution in [3.63, 3.8) is 0 Å². The maximum Gasteiger partial charge on any atom is 0.334 e. The van der Waals surface area contributed by atoms with Gasteiger partial charge in [0.2, 0.25) is 0 Å². The number of carbonyl (C=O) groups excluding carboxylic acids is 1.